The number of hydrogen-bond acceptors (Lipinski definition) is 9. The van der Waals surface area contributed by atoms with Crippen molar-refractivity contribution in [2.45, 2.75) is 18.8 Å². The molecule has 11 nitrogen and oxygen atoms in total. The first-order chi connectivity index (χ1) is 15.0. The van der Waals surface area contributed by atoms with E-state index >= 15 is 0 Å². The first-order valence-corrected chi connectivity index (χ1v) is 9.55. The van der Waals surface area contributed by atoms with Gasteiger partial charge in [-0.15, -0.1) is 0 Å². The van der Waals surface area contributed by atoms with Crippen LogP contribution in [-0.2, 0) is 0 Å². The summed E-state index contributed by atoms with van der Waals surface area (Å²) in [5.74, 6) is 0.216. The molecule has 1 saturated carbocycles. The van der Waals surface area contributed by atoms with Crippen LogP contribution in [0.5, 0.6) is 5.88 Å². The highest BCUT2D eigenvalue weighted by molar-refractivity contribution is 6.01. The summed E-state index contributed by atoms with van der Waals surface area (Å²) < 4.78 is 5.46. The SMILES string of the molecule is CN(C)C(=O)c1ncccc1NC(=O)Oc1nc(C2CC2)cnc1Nc1cncnc1. The van der Waals surface area contributed by atoms with Crippen molar-refractivity contribution in [1.29, 1.82) is 0 Å². The highest BCUT2D eigenvalue weighted by Crippen LogP contribution is 2.40. The summed E-state index contributed by atoms with van der Waals surface area (Å²) in [4.78, 5) is 47.1. The van der Waals surface area contributed by atoms with E-state index in [4.69, 9.17) is 4.74 Å². The summed E-state index contributed by atoms with van der Waals surface area (Å²) in [7, 11) is 3.20. The first kappa shape index (κ1) is 20.1. The normalized spacial score (nSPS) is 12.7. The fourth-order valence-corrected chi connectivity index (χ4v) is 2.73. The molecule has 0 bridgehead atoms. The average molecular weight is 420 g/mol. The lowest BCUT2D eigenvalue weighted by Crippen LogP contribution is -2.26. The van der Waals surface area contributed by atoms with Crippen LogP contribution in [0, 0.1) is 0 Å². The van der Waals surface area contributed by atoms with Gasteiger partial charge in [-0.2, -0.15) is 0 Å². The molecule has 31 heavy (non-hydrogen) atoms. The van der Waals surface area contributed by atoms with Crippen molar-refractivity contribution >= 4 is 29.2 Å². The summed E-state index contributed by atoms with van der Waals surface area (Å²) in [6.45, 7) is 0. The average Bonchev–Trinajstić information content (AvgIpc) is 3.61. The van der Waals surface area contributed by atoms with E-state index < -0.39 is 6.09 Å². The molecular weight excluding hydrogens is 400 g/mol. The number of ether oxygens (including phenoxy) is 1. The second kappa shape index (κ2) is 8.69. The Hall–Kier alpha value is -4.15. The summed E-state index contributed by atoms with van der Waals surface area (Å²) in [5, 5.41) is 5.55. The van der Waals surface area contributed by atoms with E-state index in [1.807, 2.05) is 0 Å². The van der Waals surface area contributed by atoms with Crippen molar-refractivity contribution in [2.24, 2.45) is 0 Å². The predicted octanol–water partition coefficient (Wildman–Crippen LogP) is 2.60. The molecule has 0 saturated heterocycles. The molecule has 0 aromatic carbocycles. The summed E-state index contributed by atoms with van der Waals surface area (Å²) in [5.41, 5.74) is 1.64. The highest BCUT2D eigenvalue weighted by Gasteiger charge is 2.27. The highest BCUT2D eigenvalue weighted by atomic mass is 16.6. The standard InChI is InChI=1S/C20H20N8O3/c1-28(2)19(29)16-14(4-3-7-23-16)27-20(30)31-18-17(25-13-8-21-11-22-9-13)24-10-15(26-18)12-5-6-12/h3-4,7-12H,5-6H2,1-2H3,(H,24,25)(H,27,30). The fraction of sp³-hybridized carbons (Fsp3) is 0.250. The number of amides is 2. The maximum Gasteiger partial charge on any atom is 0.418 e. The molecule has 1 aliphatic carbocycles. The van der Waals surface area contributed by atoms with Gasteiger partial charge in [-0.05, 0) is 25.0 Å². The van der Waals surface area contributed by atoms with Gasteiger partial charge in [0.2, 0.25) is 0 Å². The lowest BCUT2D eigenvalue weighted by Gasteiger charge is -2.14. The first-order valence-electron chi connectivity index (χ1n) is 9.55. The van der Waals surface area contributed by atoms with Crippen LogP contribution in [-0.4, -0.2) is 55.9 Å². The van der Waals surface area contributed by atoms with Gasteiger partial charge in [0.25, 0.3) is 11.8 Å². The van der Waals surface area contributed by atoms with E-state index in [2.05, 4.69) is 35.6 Å². The molecule has 11 heteroatoms. The van der Waals surface area contributed by atoms with Crippen molar-refractivity contribution in [3.63, 3.8) is 0 Å². The number of nitrogens with one attached hydrogen (secondary N) is 2. The molecule has 4 rings (SSSR count). The lowest BCUT2D eigenvalue weighted by atomic mass is 10.2. The molecule has 0 atom stereocenters. The number of pyridine rings is 1. The fourth-order valence-electron chi connectivity index (χ4n) is 2.73. The van der Waals surface area contributed by atoms with Crippen molar-refractivity contribution in [1.82, 2.24) is 29.8 Å². The van der Waals surface area contributed by atoms with E-state index in [0.29, 0.717) is 11.6 Å². The van der Waals surface area contributed by atoms with Gasteiger partial charge in [0.15, 0.2) is 11.5 Å². The second-order valence-electron chi connectivity index (χ2n) is 7.09. The Balaban J connectivity index is 1.56. The van der Waals surface area contributed by atoms with Crippen LogP contribution in [0.4, 0.5) is 22.0 Å². The molecule has 0 unspecified atom stereocenters. The van der Waals surface area contributed by atoms with E-state index in [1.54, 1.807) is 44.8 Å². The third-order valence-electron chi connectivity index (χ3n) is 4.42. The number of carbonyl (C=O) groups is 2. The molecule has 3 heterocycles. The van der Waals surface area contributed by atoms with Gasteiger partial charge in [-0.25, -0.2) is 29.7 Å². The Morgan fingerprint density at radius 2 is 1.90 bits per heavy atom. The van der Waals surface area contributed by atoms with Crippen LogP contribution in [0.1, 0.15) is 34.9 Å². The maximum absolute atomic E-state index is 12.6. The summed E-state index contributed by atoms with van der Waals surface area (Å²) in [6, 6.07) is 3.18. The van der Waals surface area contributed by atoms with Crippen molar-refractivity contribution in [3.8, 4) is 5.88 Å². The maximum atomic E-state index is 12.6. The number of hydrogen-bond donors (Lipinski definition) is 2. The summed E-state index contributed by atoms with van der Waals surface area (Å²) >= 11 is 0. The largest absolute Gasteiger partial charge is 0.418 e. The quantitative estimate of drug-likeness (QED) is 0.617. The number of carbonyl (C=O) groups excluding carboxylic acids is 2. The van der Waals surface area contributed by atoms with E-state index in [1.165, 1.54) is 17.4 Å². The van der Waals surface area contributed by atoms with Crippen LogP contribution < -0.4 is 15.4 Å². The predicted molar refractivity (Wildman–Crippen MR) is 111 cm³/mol. The number of aromatic nitrogens is 5. The Morgan fingerprint density at radius 3 is 2.61 bits per heavy atom. The van der Waals surface area contributed by atoms with Gasteiger partial charge in [0.1, 0.15) is 6.33 Å². The van der Waals surface area contributed by atoms with Crippen LogP contribution in [0.25, 0.3) is 0 Å². The van der Waals surface area contributed by atoms with E-state index in [9.17, 15) is 9.59 Å². The molecule has 0 spiro atoms. The third-order valence-corrected chi connectivity index (χ3v) is 4.42. The van der Waals surface area contributed by atoms with Gasteiger partial charge in [-0.3, -0.25) is 10.1 Å². The minimum absolute atomic E-state index is 0.00938. The zero-order valence-electron chi connectivity index (χ0n) is 16.9. The second-order valence-corrected chi connectivity index (χ2v) is 7.09. The van der Waals surface area contributed by atoms with Crippen LogP contribution >= 0.6 is 0 Å². The third kappa shape index (κ3) is 4.89. The Bertz CT molecular complexity index is 1100. The minimum Gasteiger partial charge on any atom is -0.387 e. The zero-order valence-corrected chi connectivity index (χ0v) is 16.9. The monoisotopic (exact) mass is 420 g/mol. The molecule has 3 aromatic rings. The minimum atomic E-state index is -0.824. The van der Waals surface area contributed by atoms with Gasteiger partial charge in [-0.1, -0.05) is 0 Å². The van der Waals surface area contributed by atoms with Crippen molar-refractivity contribution < 1.29 is 14.3 Å². The van der Waals surface area contributed by atoms with Crippen LogP contribution in [0.15, 0.2) is 43.2 Å². The number of rotatable bonds is 6. The number of anilines is 3. The molecule has 0 aliphatic heterocycles. The number of nitrogens with zero attached hydrogens (tertiary/aromatic N) is 6. The van der Waals surface area contributed by atoms with E-state index in [-0.39, 0.29) is 29.0 Å². The molecule has 3 aromatic heterocycles. The van der Waals surface area contributed by atoms with Gasteiger partial charge in [0.05, 0.1) is 35.7 Å². The van der Waals surface area contributed by atoms with Crippen LogP contribution in [0.2, 0.25) is 0 Å². The Morgan fingerprint density at radius 1 is 1.13 bits per heavy atom. The van der Waals surface area contributed by atoms with Gasteiger partial charge in [0, 0.05) is 26.2 Å². The van der Waals surface area contributed by atoms with Gasteiger partial charge < -0.3 is 15.0 Å². The van der Waals surface area contributed by atoms with E-state index in [0.717, 1.165) is 18.5 Å². The van der Waals surface area contributed by atoms with Crippen molar-refractivity contribution in [2.75, 3.05) is 24.7 Å². The Kier molecular flexibility index (Phi) is 5.65. The molecule has 0 radical (unpaired) electrons. The smallest absolute Gasteiger partial charge is 0.387 e. The summed E-state index contributed by atoms with van der Waals surface area (Å²) in [6.07, 6.45) is 8.86. The molecule has 158 valence electrons. The lowest BCUT2D eigenvalue weighted by molar-refractivity contribution is 0.0823. The van der Waals surface area contributed by atoms with Crippen molar-refractivity contribution in [3.05, 3.63) is 54.6 Å². The molecular formula is C20H20N8O3. The van der Waals surface area contributed by atoms with Crippen LogP contribution in [0.3, 0.4) is 0 Å². The van der Waals surface area contributed by atoms with Gasteiger partial charge >= 0.3 is 6.09 Å². The molecule has 2 amide bonds. The zero-order chi connectivity index (χ0) is 21.8. The Labute approximate surface area is 177 Å². The molecule has 1 fully saturated rings. The molecule has 1 aliphatic rings. The topological polar surface area (TPSA) is 135 Å². The molecule has 2 N–H and O–H groups in total.